The lowest BCUT2D eigenvalue weighted by Gasteiger charge is -2.18. The number of halogens is 1. The number of aromatic amines is 1. The molecule has 3 aromatic rings. The maximum Gasteiger partial charge on any atom is 0.344 e. The molecule has 1 aromatic carbocycles. The summed E-state index contributed by atoms with van der Waals surface area (Å²) in [6.07, 6.45) is -5.67. The molecule has 2 aromatic heterocycles. The lowest BCUT2D eigenvalue weighted by Crippen LogP contribution is -2.37. The second-order valence-corrected chi connectivity index (χ2v) is 8.97. The summed E-state index contributed by atoms with van der Waals surface area (Å²) in [7, 11) is 0. The van der Waals surface area contributed by atoms with Gasteiger partial charge in [-0.2, -0.15) is 4.98 Å². The zero-order chi connectivity index (χ0) is 29.3. The van der Waals surface area contributed by atoms with E-state index in [1.54, 1.807) is 13.8 Å². The van der Waals surface area contributed by atoms with E-state index < -0.39 is 90.0 Å². The van der Waals surface area contributed by atoms with Gasteiger partial charge in [0.2, 0.25) is 11.9 Å². The van der Waals surface area contributed by atoms with Gasteiger partial charge in [0, 0.05) is 5.92 Å². The molecule has 16 nitrogen and oxygen atoms in total. The molecule has 17 heteroatoms. The molecule has 4 atom stereocenters. The van der Waals surface area contributed by atoms with Gasteiger partial charge in [-0.25, -0.2) is 19.0 Å². The van der Waals surface area contributed by atoms with Gasteiger partial charge in [0.05, 0.1) is 18.5 Å². The molecule has 6 N–H and O–H groups in total. The summed E-state index contributed by atoms with van der Waals surface area (Å²) in [5.41, 5.74) is -1.49. The Labute approximate surface area is 223 Å². The predicted molar refractivity (Wildman–Crippen MR) is 129 cm³/mol. The van der Waals surface area contributed by atoms with E-state index in [0.717, 1.165) is 23.0 Å². The zero-order valence-electron chi connectivity index (χ0n) is 20.9. The maximum absolute atomic E-state index is 15.5. The number of benzene rings is 1. The average Bonchev–Trinajstić information content (AvgIpc) is 3.46. The molecule has 3 heterocycles. The summed E-state index contributed by atoms with van der Waals surface area (Å²) >= 11 is 0. The second kappa shape index (κ2) is 11.1. The number of esters is 2. The molecule has 0 spiro atoms. The van der Waals surface area contributed by atoms with E-state index in [-0.39, 0.29) is 17.1 Å². The van der Waals surface area contributed by atoms with E-state index >= 15 is 4.39 Å². The third-order valence-electron chi connectivity index (χ3n) is 5.81. The minimum absolute atomic E-state index is 0.159. The quantitative estimate of drug-likeness (QED) is 0.154. The molecule has 0 radical (unpaired) electrons. The van der Waals surface area contributed by atoms with E-state index in [4.69, 9.17) is 14.2 Å². The number of carbonyl (C=O) groups excluding carboxylic acids is 3. The highest BCUT2D eigenvalue weighted by molar-refractivity contribution is 5.92. The van der Waals surface area contributed by atoms with Crippen LogP contribution in [0.1, 0.15) is 30.4 Å². The highest BCUT2D eigenvalue weighted by Gasteiger charge is 2.49. The number of hydrogen-bond donors (Lipinski definition) is 6. The normalized spacial score (nSPS) is 20.5. The van der Waals surface area contributed by atoms with Gasteiger partial charge in [-0.1, -0.05) is 13.8 Å². The van der Waals surface area contributed by atoms with Crippen LogP contribution < -0.4 is 10.9 Å². The number of nitrogens with zero attached hydrogens (tertiary/aromatic N) is 3. The van der Waals surface area contributed by atoms with Crippen molar-refractivity contribution in [3.05, 3.63) is 34.4 Å². The number of alkyl halides is 1. The first kappa shape index (κ1) is 28.2. The van der Waals surface area contributed by atoms with E-state index in [2.05, 4.69) is 20.3 Å². The van der Waals surface area contributed by atoms with Gasteiger partial charge in [0.15, 0.2) is 53.5 Å². The van der Waals surface area contributed by atoms with Crippen LogP contribution in [0, 0.1) is 5.92 Å². The summed E-state index contributed by atoms with van der Waals surface area (Å²) in [4.78, 5) is 59.3. The van der Waals surface area contributed by atoms with Gasteiger partial charge in [0.1, 0.15) is 6.10 Å². The number of carbonyl (C=O) groups is 3. The number of hydrogen-bond acceptors (Lipinski definition) is 13. The predicted octanol–water partition coefficient (Wildman–Crippen LogP) is -0.173. The minimum atomic E-state index is -2.12. The molecule has 4 unspecified atom stereocenters. The van der Waals surface area contributed by atoms with Crippen LogP contribution >= 0.6 is 0 Å². The molecule has 1 aliphatic heterocycles. The molecule has 1 aliphatic rings. The molecule has 0 saturated carbocycles. The van der Waals surface area contributed by atoms with Gasteiger partial charge in [-0.05, 0) is 12.1 Å². The first-order valence-electron chi connectivity index (χ1n) is 11.7. The molecule has 1 amide bonds. The van der Waals surface area contributed by atoms with E-state index in [9.17, 15) is 39.6 Å². The minimum Gasteiger partial charge on any atom is -0.504 e. The highest BCUT2D eigenvalue weighted by atomic mass is 19.1. The Bertz CT molecular complexity index is 1500. The number of phenolic OH excluding ortho intramolecular Hbond substituents is 3. The van der Waals surface area contributed by atoms with Crippen molar-refractivity contribution in [3.63, 3.8) is 0 Å². The summed E-state index contributed by atoms with van der Waals surface area (Å²) < 4.78 is 31.9. The van der Waals surface area contributed by atoms with E-state index in [1.807, 2.05) is 0 Å². The van der Waals surface area contributed by atoms with Gasteiger partial charge in [-0.3, -0.25) is 24.5 Å². The van der Waals surface area contributed by atoms with Crippen molar-refractivity contribution in [2.24, 2.45) is 5.92 Å². The topological polar surface area (TPSA) is 235 Å². The van der Waals surface area contributed by atoms with E-state index in [1.165, 1.54) is 0 Å². The average molecular weight is 565 g/mol. The second-order valence-electron chi connectivity index (χ2n) is 8.97. The number of ether oxygens (including phenoxy) is 3. The molecule has 214 valence electrons. The summed E-state index contributed by atoms with van der Waals surface area (Å²) in [6.45, 7) is 1.45. The number of amides is 1. The Morgan fingerprint density at radius 1 is 1.23 bits per heavy atom. The number of aromatic nitrogens is 4. The van der Waals surface area contributed by atoms with Crippen LogP contribution in [0.15, 0.2) is 23.3 Å². The summed E-state index contributed by atoms with van der Waals surface area (Å²) in [5.74, 6) is -5.98. The standard InChI is InChI=1S/C23H24FN5O11/c1-8(2)19(35)27-23-26-18-15(20(36)28-23)25-7-29(18)21-14(24)17(12(5-30)39-21)40-13(33)6-38-22(37)9-3-10(31)16(34)11(32)4-9/h3-4,7-8,12,14,17,21,30-32,34H,5-6H2,1-2H3,(H2,26,27,28,35,36). The summed E-state index contributed by atoms with van der Waals surface area (Å²) in [5, 5.41) is 40.5. The number of aliphatic hydroxyl groups excluding tert-OH is 1. The smallest absolute Gasteiger partial charge is 0.344 e. The number of aliphatic hydroxyl groups is 1. The first-order chi connectivity index (χ1) is 18.9. The van der Waals surface area contributed by atoms with Crippen LogP contribution in [-0.2, 0) is 23.8 Å². The fraction of sp³-hybridized carbons (Fsp3) is 0.391. The molecule has 0 bridgehead atoms. The van der Waals surface area contributed by atoms with Crippen molar-refractivity contribution < 1.29 is 53.4 Å². The lowest BCUT2D eigenvalue weighted by atomic mass is 10.1. The maximum atomic E-state index is 15.5. The Balaban J connectivity index is 1.48. The number of H-pyrrole nitrogens is 1. The number of nitrogens with one attached hydrogen (secondary N) is 2. The van der Waals surface area contributed by atoms with Crippen molar-refractivity contribution in [2.75, 3.05) is 18.5 Å². The van der Waals surface area contributed by atoms with Crippen LogP contribution in [0.2, 0.25) is 0 Å². The highest BCUT2D eigenvalue weighted by Crippen LogP contribution is 2.36. The van der Waals surface area contributed by atoms with Gasteiger partial charge >= 0.3 is 11.9 Å². The largest absolute Gasteiger partial charge is 0.504 e. The number of phenols is 3. The Morgan fingerprint density at radius 3 is 2.52 bits per heavy atom. The first-order valence-corrected chi connectivity index (χ1v) is 11.7. The van der Waals surface area contributed by atoms with Crippen LogP contribution in [0.25, 0.3) is 11.2 Å². The number of rotatable bonds is 8. The monoisotopic (exact) mass is 565 g/mol. The lowest BCUT2D eigenvalue weighted by molar-refractivity contribution is -0.158. The number of fused-ring (bicyclic) bond motifs is 1. The Hall–Kier alpha value is -4.77. The fourth-order valence-corrected chi connectivity index (χ4v) is 3.75. The third-order valence-corrected chi connectivity index (χ3v) is 5.81. The van der Waals surface area contributed by atoms with Crippen molar-refractivity contribution in [3.8, 4) is 17.2 Å². The molecular weight excluding hydrogens is 541 g/mol. The zero-order valence-corrected chi connectivity index (χ0v) is 20.9. The molecule has 0 aliphatic carbocycles. The van der Waals surface area contributed by atoms with Crippen molar-refractivity contribution in [2.45, 2.75) is 38.5 Å². The van der Waals surface area contributed by atoms with Crippen LogP contribution in [0.4, 0.5) is 10.3 Å². The molecule has 1 fully saturated rings. The fourth-order valence-electron chi connectivity index (χ4n) is 3.75. The number of imidazole rings is 1. The Kier molecular flexibility index (Phi) is 7.87. The third kappa shape index (κ3) is 5.50. The molecule has 40 heavy (non-hydrogen) atoms. The van der Waals surface area contributed by atoms with Gasteiger partial charge in [-0.15, -0.1) is 0 Å². The number of anilines is 1. The summed E-state index contributed by atoms with van der Waals surface area (Å²) in [6, 6.07) is 1.57. The molecular formula is C23H24FN5O11. The van der Waals surface area contributed by atoms with Crippen LogP contribution in [0.5, 0.6) is 17.2 Å². The van der Waals surface area contributed by atoms with Crippen molar-refractivity contribution in [1.82, 2.24) is 19.5 Å². The van der Waals surface area contributed by atoms with Crippen LogP contribution in [-0.4, -0.2) is 89.4 Å². The molecule has 4 rings (SSSR count). The van der Waals surface area contributed by atoms with E-state index in [0.29, 0.717) is 0 Å². The number of aromatic hydroxyl groups is 3. The van der Waals surface area contributed by atoms with Gasteiger partial charge < -0.3 is 34.6 Å². The van der Waals surface area contributed by atoms with Crippen molar-refractivity contribution in [1.29, 1.82) is 0 Å². The molecule has 1 saturated heterocycles. The Morgan fingerprint density at radius 2 is 1.90 bits per heavy atom. The van der Waals surface area contributed by atoms with Gasteiger partial charge in [0.25, 0.3) is 5.56 Å². The van der Waals surface area contributed by atoms with Crippen LogP contribution in [0.3, 0.4) is 0 Å². The van der Waals surface area contributed by atoms with Crippen molar-refractivity contribution >= 4 is 35.0 Å². The SMILES string of the molecule is CC(C)C(=O)Nc1nc2c(ncn2C2OC(CO)C(OC(=O)COC(=O)c3cc(O)c(O)c(O)c3)C2F)c(=O)[nH]1.